The van der Waals surface area contributed by atoms with Gasteiger partial charge in [0.05, 0.1) is 4.92 Å². The van der Waals surface area contributed by atoms with Crippen LogP contribution in [0.25, 0.3) is 0 Å². The number of hydrogen-bond acceptors (Lipinski definition) is 4. The average molecular weight is 263 g/mol. The van der Waals surface area contributed by atoms with Crippen LogP contribution in [0.2, 0.25) is 0 Å². The number of aryl methyl sites for hydroxylation is 1. The highest BCUT2D eigenvalue weighted by Gasteiger charge is 2.16. The van der Waals surface area contributed by atoms with Crippen molar-refractivity contribution >= 4 is 11.4 Å². The summed E-state index contributed by atoms with van der Waals surface area (Å²) in [6.07, 6.45) is 3.54. The van der Waals surface area contributed by atoms with E-state index in [-0.39, 0.29) is 10.6 Å². The highest BCUT2D eigenvalue weighted by Crippen LogP contribution is 2.27. The maximum absolute atomic E-state index is 11.0. The van der Waals surface area contributed by atoms with Crippen molar-refractivity contribution in [3.8, 4) is 0 Å². The zero-order valence-electron chi connectivity index (χ0n) is 11.3. The zero-order chi connectivity index (χ0) is 13.7. The molecule has 0 spiro atoms. The number of nitro groups is 1. The number of benzene rings is 1. The Balaban J connectivity index is 1.93. The average Bonchev–Trinajstić information content (AvgIpc) is 2.41. The second-order valence-electron chi connectivity index (χ2n) is 5.15. The van der Waals surface area contributed by atoms with Crippen molar-refractivity contribution < 1.29 is 4.92 Å². The van der Waals surface area contributed by atoms with Crippen LogP contribution in [0.4, 0.5) is 11.4 Å². The van der Waals surface area contributed by atoms with E-state index in [1.54, 1.807) is 12.1 Å². The molecule has 1 unspecified atom stereocenters. The fourth-order valence-electron chi connectivity index (χ4n) is 2.61. The molecule has 1 atom stereocenters. The summed E-state index contributed by atoms with van der Waals surface area (Å²) in [6, 6.07) is 5.18. The predicted octanol–water partition coefficient (Wildman–Crippen LogP) is 2.70. The number of anilines is 1. The van der Waals surface area contributed by atoms with Crippen LogP contribution in [0.1, 0.15) is 24.8 Å². The summed E-state index contributed by atoms with van der Waals surface area (Å²) in [5, 5.41) is 17.6. The molecule has 1 heterocycles. The van der Waals surface area contributed by atoms with E-state index >= 15 is 0 Å². The molecule has 1 aromatic rings. The zero-order valence-corrected chi connectivity index (χ0v) is 11.3. The Bertz CT molecular complexity index is 442. The van der Waals surface area contributed by atoms with Gasteiger partial charge in [-0.1, -0.05) is 12.1 Å². The molecule has 1 saturated heterocycles. The van der Waals surface area contributed by atoms with Crippen molar-refractivity contribution in [2.24, 2.45) is 5.92 Å². The van der Waals surface area contributed by atoms with E-state index in [2.05, 4.69) is 10.6 Å². The molecule has 1 aliphatic heterocycles. The van der Waals surface area contributed by atoms with Crippen molar-refractivity contribution in [3.63, 3.8) is 0 Å². The number of nitro benzene ring substituents is 1. The van der Waals surface area contributed by atoms with Crippen LogP contribution in [-0.2, 0) is 0 Å². The van der Waals surface area contributed by atoms with E-state index in [1.165, 1.54) is 12.8 Å². The molecule has 0 aromatic heterocycles. The lowest BCUT2D eigenvalue weighted by Crippen LogP contribution is -2.30. The number of hydrogen-bond donors (Lipinski definition) is 2. The molecule has 104 valence electrons. The quantitative estimate of drug-likeness (QED) is 0.633. The number of nitrogens with zero attached hydrogens (tertiary/aromatic N) is 1. The van der Waals surface area contributed by atoms with Gasteiger partial charge in [0, 0.05) is 12.6 Å². The smallest absolute Gasteiger partial charge is 0.292 e. The lowest BCUT2D eigenvalue weighted by atomic mass is 9.96. The van der Waals surface area contributed by atoms with Gasteiger partial charge < -0.3 is 10.6 Å². The topological polar surface area (TPSA) is 67.2 Å². The molecule has 1 aliphatic rings. The third kappa shape index (κ3) is 3.67. The van der Waals surface area contributed by atoms with E-state index in [0.29, 0.717) is 11.6 Å². The van der Waals surface area contributed by atoms with Gasteiger partial charge in [0.25, 0.3) is 5.69 Å². The molecule has 1 fully saturated rings. The summed E-state index contributed by atoms with van der Waals surface area (Å²) in [6.45, 7) is 4.88. The highest BCUT2D eigenvalue weighted by atomic mass is 16.6. The molecule has 5 nitrogen and oxygen atoms in total. The second-order valence-corrected chi connectivity index (χ2v) is 5.15. The van der Waals surface area contributed by atoms with Gasteiger partial charge >= 0.3 is 0 Å². The Morgan fingerprint density at radius 1 is 1.53 bits per heavy atom. The third-order valence-electron chi connectivity index (χ3n) is 3.70. The van der Waals surface area contributed by atoms with Gasteiger partial charge in [-0.25, -0.2) is 0 Å². The number of nitrogens with one attached hydrogen (secondary N) is 2. The first-order chi connectivity index (χ1) is 9.18. The fraction of sp³-hybridized carbons (Fsp3) is 0.571. The minimum Gasteiger partial charge on any atom is -0.379 e. The predicted molar refractivity (Wildman–Crippen MR) is 76.5 cm³/mol. The Morgan fingerprint density at radius 3 is 3.05 bits per heavy atom. The minimum absolute atomic E-state index is 0.168. The molecule has 0 amide bonds. The van der Waals surface area contributed by atoms with Crippen molar-refractivity contribution in [1.82, 2.24) is 5.32 Å². The van der Waals surface area contributed by atoms with E-state index in [1.807, 2.05) is 13.0 Å². The first-order valence-electron chi connectivity index (χ1n) is 6.87. The van der Waals surface area contributed by atoms with Gasteiger partial charge in [0.15, 0.2) is 0 Å². The minimum atomic E-state index is -0.322. The van der Waals surface area contributed by atoms with Crippen LogP contribution in [0.3, 0.4) is 0 Å². The molecule has 5 heteroatoms. The Kier molecular flexibility index (Phi) is 4.74. The summed E-state index contributed by atoms with van der Waals surface area (Å²) < 4.78 is 0. The molecule has 0 radical (unpaired) electrons. The van der Waals surface area contributed by atoms with Crippen LogP contribution in [0, 0.1) is 23.0 Å². The first kappa shape index (κ1) is 13.8. The molecule has 2 rings (SSSR count). The molecule has 1 aromatic carbocycles. The van der Waals surface area contributed by atoms with Crippen LogP contribution < -0.4 is 10.6 Å². The molecular weight excluding hydrogens is 242 g/mol. The Hall–Kier alpha value is -1.62. The largest absolute Gasteiger partial charge is 0.379 e. The van der Waals surface area contributed by atoms with Crippen molar-refractivity contribution in [3.05, 3.63) is 33.9 Å². The highest BCUT2D eigenvalue weighted by molar-refractivity contribution is 5.65. The number of rotatable bonds is 5. The van der Waals surface area contributed by atoms with E-state index in [9.17, 15) is 10.1 Å². The van der Waals surface area contributed by atoms with Crippen molar-refractivity contribution in [2.45, 2.75) is 26.2 Å². The van der Waals surface area contributed by atoms with Crippen LogP contribution in [-0.4, -0.2) is 24.6 Å². The number of piperidine rings is 1. The van der Waals surface area contributed by atoms with Gasteiger partial charge in [0.2, 0.25) is 0 Å². The summed E-state index contributed by atoms with van der Waals surface area (Å²) >= 11 is 0. The van der Waals surface area contributed by atoms with Gasteiger partial charge in [0.1, 0.15) is 5.69 Å². The fourth-order valence-corrected chi connectivity index (χ4v) is 2.61. The standard InChI is InChI=1S/C14H21N3O2/c1-11-4-2-6-13(17(18)19)14(11)16-9-7-12-5-3-8-15-10-12/h2,4,6,12,15-16H,3,5,7-10H2,1H3. The monoisotopic (exact) mass is 263 g/mol. The van der Waals surface area contributed by atoms with Crippen molar-refractivity contribution in [2.75, 3.05) is 25.0 Å². The third-order valence-corrected chi connectivity index (χ3v) is 3.70. The van der Waals surface area contributed by atoms with Crippen LogP contribution >= 0.6 is 0 Å². The van der Waals surface area contributed by atoms with E-state index in [4.69, 9.17) is 0 Å². The van der Waals surface area contributed by atoms with Crippen LogP contribution in [0.5, 0.6) is 0 Å². The molecule has 0 aliphatic carbocycles. The second kappa shape index (κ2) is 6.52. The van der Waals surface area contributed by atoms with Gasteiger partial charge in [-0.2, -0.15) is 0 Å². The normalized spacial score (nSPS) is 19.1. The first-order valence-corrected chi connectivity index (χ1v) is 6.87. The summed E-state index contributed by atoms with van der Waals surface area (Å²) in [5.41, 5.74) is 1.76. The SMILES string of the molecule is Cc1cccc([N+](=O)[O-])c1NCCC1CCCNC1. The summed E-state index contributed by atoms with van der Waals surface area (Å²) in [5.74, 6) is 0.685. The van der Waals surface area contributed by atoms with Crippen molar-refractivity contribution in [1.29, 1.82) is 0 Å². The molecule has 19 heavy (non-hydrogen) atoms. The van der Waals surface area contributed by atoms with E-state index in [0.717, 1.165) is 31.6 Å². The number of para-hydroxylation sites is 1. The Labute approximate surface area is 113 Å². The van der Waals surface area contributed by atoms with Gasteiger partial charge in [-0.3, -0.25) is 10.1 Å². The maximum Gasteiger partial charge on any atom is 0.292 e. The van der Waals surface area contributed by atoms with Gasteiger partial charge in [-0.15, -0.1) is 0 Å². The molecular formula is C14H21N3O2. The Morgan fingerprint density at radius 2 is 2.37 bits per heavy atom. The lowest BCUT2D eigenvalue weighted by Gasteiger charge is -2.23. The van der Waals surface area contributed by atoms with E-state index < -0.39 is 0 Å². The molecule has 0 saturated carbocycles. The van der Waals surface area contributed by atoms with Crippen LogP contribution in [0.15, 0.2) is 18.2 Å². The molecule has 0 bridgehead atoms. The molecule has 2 N–H and O–H groups in total. The summed E-state index contributed by atoms with van der Waals surface area (Å²) in [4.78, 5) is 10.7. The maximum atomic E-state index is 11.0. The summed E-state index contributed by atoms with van der Waals surface area (Å²) in [7, 11) is 0. The van der Waals surface area contributed by atoms with Gasteiger partial charge in [-0.05, 0) is 50.8 Å². The lowest BCUT2D eigenvalue weighted by molar-refractivity contribution is -0.384.